The Bertz CT molecular complexity index is 667. The summed E-state index contributed by atoms with van der Waals surface area (Å²) in [5, 5.41) is 2.98. The number of nitrogens with zero attached hydrogens (tertiary/aromatic N) is 2. The lowest BCUT2D eigenvalue weighted by molar-refractivity contribution is -0.135. The van der Waals surface area contributed by atoms with E-state index < -0.39 is 0 Å². The first-order valence-corrected chi connectivity index (χ1v) is 9.47. The van der Waals surface area contributed by atoms with E-state index in [0.29, 0.717) is 19.1 Å². The molecule has 1 aromatic heterocycles. The van der Waals surface area contributed by atoms with Gasteiger partial charge in [0.25, 0.3) is 0 Å². The number of rotatable bonds is 8. The van der Waals surface area contributed by atoms with Gasteiger partial charge in [0.15, 0.2) is 0 Å². The van der Waals surface area contributed by atoms with E-state index in [4.69, 9.17) is 4.74 Å². The van der Waals surface area contributed by atoms with E-state index in [-0.39, 0.29) is 12.0 Å². The highest BCUT2D eigenvalue weighted by atomic mass is 32.1. The molecule has 1 heterocycles. The van der Waals surface area contributed by atoms with Crippen LogP contribution >= 0.6 is 11.3 Å². The van der Waals surface area contributed by atoms with Crippen LogP contribution in [0.25, 0.3) is 0 Å². The average molecular weight is 344 g/mol. The Balaban J connectivity index is 1.60. The molecule has 1 unspecified atom stereocenters. The minimum Gasteiger partial charge on any atom is -0.486 e. The number of aromatic nitrogens is 1. The maximum Gasteiger partial charge on any atom is 0.226 e. The molecule has 0 spiro atoms. The molecule has 0 aliphatic heterocycles. The maximum absolute atomic E-state index is 12.5. The highest BCUT2D eigenvalue weighted by Gasteiger charge is 2.35. The van der Waals surface area contributed by atoms with E-state index in [0.717, 1.165) is 35.7 Å². The van der Waals surface area contributed by atoms with Crippen LogP contribution in [0.5, 0.6) is 5.75 Å². The van der Waals surface area contributed by atoms with Crippen LogP contribution in [-0.2, 0) is 17.9 Å². The molecule has 1 saturated carbocycles. The number of hydrogen-bond acceptors (Lipinski definition) is 4. The van der Waals surface area contributed by atoms with E-state index in [1.807, 2.05) is 40.6 Å². The molecule has 1 atom stereocenters. The minimum atomic E-state index is 0.249. The van der Waals surface area contributed by atoms with Gasteiger partial charge in [-0.3, -0.25) is 4.79 Å². The highest BCUT2D eigenvalue weighted by Crippen LogP contribution is 2.32. The summed E-state index contributed by atoms with van der Waals surface area (Å²) in [6.45, 7) is 5.31. The smallest absolute Gasteiger partial charge is 0.226 e. The summed E-state index contributed by atoms with van der Waals surface area (Å²) in [6, 6.07) is 10.0. The molecule has 1 aliphatic carbocycles. The van der Waals surface area contributed by atoms with Crippen LogP contribution < -0.4 is 4.74 Å². The van der Waals surface area contributed by atoms with Crippen molar-refractivity contribution in [3.8, 4) is 5.75 Å². The average Bonchev–Trinajstić information content (AvgIpc) is 3.37. The van der Waals surface area contributed by atoms with E-state index in [1.165, 1.54) is 0 Å². The molecule has 24 heavy (non-hydrogen) atoms. The van der Waals surface area contributed by atoms with E-state index >= 15 is 0 Å². The third-order valence-electron chi connectivity index (χ3n) is 4.37. The maximum atomic E-state index is 12.5. The molecule has 0 radical (unpaired) electrons. The van der Waals surface area contributed by atoms with Crippen molar-refractivity contribution in [3.05, 3.63) is 46.4 Å². The van der Waals surface area contributed by atoms with Crippen LogP contribution in [0, 0.1) is 5.92 Å². The Morgan fingerprint density at radius 2 is 2.12 bits per heavy atom. The van der Waals surface area contributed by atoms with Gasteiger partial charge in [0, 0.05) is 17.3 Å². The standard InChI is InChI=1S/C19H24N2O2S/c1-3-14(2)21(19(22)15-9-10-15)11-16-13-24-18(20-16)12-23-17-7-5-4-6-8-17/h4-8,13-15H,3,9-12H2,1-2H3. The Labute approximate surface area is 147 Å². The van der Waals surface area contributed by atoms with Crippen LogP contribution in [0.4, 0.5) is 0 Å². The SMILES string of the molecule is CCC(C)N(Cc1csc(COc2ccccc2)n1)C(=O)C1CC1. The molecule has 0 N–H and O–H groups in total. The summed E-state index contributed by atoms with van der Waals surface area (Å²) in [5.41, 5.74) is 0.959. The third-order valence-corrected chi connectivity index (χ3v) is 5.24. The number of carbonyl (C=O) groups excluding carboxylic acids is 1. The van der Waals surface area contributed by atoms with Crippen molar-refractivity contribution in [2.45, 2.75) is 52.3 Å². The Morgan fingerprint density at radius 1 is 1.38 bits per heavy atom. The van der Waals surface area contributed by atoms with E-state index in [1.54, 1.807) is 11.3 Å². The van der Waals surface area contributed by atoms with E-state index in [2.05, 4.69) is 18.8 Å². The Morgan fingerprint density at radius 3 is 2.79 bits per heavy atom. The van der Waals surface area contributed by atoms with Gasteiger partial charge in [0.1, 0.15) is 17.4 Å². The molecule has 1 fully saturated rings. The molecule has 0 bridgehead atoms. The largest absolute Gasteiger partial charge is 0.486 e. The molecule has 128 valence electrons. The zero-order valence-corrected chi connectivity index (χ0v) is 15.1. The topological polar surface area (TPSA) is 42.4 Å². The van der Waals surface area contributed by atoms with Gasteiger partial charge in [0.05, 0.1) is 12.2 Å². The van der Waals surface area contributed by atoms with Crippen LogP contribution in [0.1, 0.15) is 43.8 Å². The van der Waals surface area contributed by atoms with Crippen molar-refractivity contribution in [2.75, 3.05) is 0 Å². The van der Waals surface area contributed by atoms with Crippen molar-refractivity contribution in [3.63, 3.8) is 0 Å². The van der Waals surface area contributed by atoms with Crippen molar-refractivity contribution in [2.24, 2.45) is 5.92 Å². The van der Waals surface area contributed by atoms with Crippen molar-refractivity contribution >= 4 is 17.2 Å². The number of ether oxygens (including phenoxy) is 1. The molecule has 1 amide bonds. The molecule has 3 rings (SSSR count). The summed E-state index contributed by atoms with van der Waals surface area (Å²) in [5.74, 6) is 1.39. The van der Waals surface area contributed by atoms with Gasteiger partial charge in [-0.2, -0.15) is 0 Å². The number of amides is 1. The lowest BCUT2D eigenvalue weighted by Crippen LogP contribution is -2.38. The molecular formula is C19H24N2O2S. The van der Waals surface area contributed by atoms with Crippen LogP contribution in [0.3, 0.4) is 0 Å². The van der Waals surface area contributed by atoms with Crippen LogP contribution in [-0.4, -0.2) is 21.8 Å². The first kappa shape index (κ1) is 17.0. The van der Waals surface area contributed by atoms with Crippen LogP contribution in [0.15, 0.2) is 35.7 Å². The summed E-state index contributed by atoms with van der Waals surface area (Å²) in [6.07, 6.45) is 3.05. The molecule has 1 aliphatic rings. The molecule has 1 aromatic carbocycles. The number of hydrogen-bond donors (Lipinski definition) is 0. The minimum absolute atomic E-state index is 0.249. The summed E-state index contributed by atoms with van der Waals surface area (Å²) < 4.78 is 5.74. The lowest BCUT2D eigenvalue weighted by Gasteiger charge is -2.28. The molecule has 5 heteroatoms. The van der Waals surface area contributed by atoms with Gasteiger partial charge in [0.2, 0.25) is 5.91 Å². The fraction of sp³-hybridized carbons (Fsp3) is 0.474. The summed E-state index contributed by atoms with van der Waals surface area (Å²) >= 11 is 1.59. The molecule has 4 nitrogen and oxygen atoms in total. The fourth-order valence-corrected chi connectivity index (χ4v) is 3.26. The number of para-hydroxylation sites is 1. The van der Waals surface area contributed by atoms with Gasteiger partial charge in [-0.15, -0.1) is 11.3 Å². The first-order chi connectivity index (χ1) is 11.7. The van der Waals surface area contributed by atoms with Gasteiger partial charge in [-0.1, -0.05) is 25.1 Å². The van der Waals surface area contributed by atoms with Crippen molar-refractivity contribution < 1.29 is 9.53 Å². The lowest BCUT2D eigenvalue weighted by atomic mass is 10.2. The van der Waals surface area contributed by atoms with Gasteiger partial charge in [-0.05, 0) is 38.3 Å². The quantitative estimate of drug-likeness (QED) is 0.718. The van der Waals surface area contributed by atoms with Gasteiger partial charge >= 0.3 is 0 Å². The van der Waals surface area contributed by atoms with Gasteiger partial charge in [-0.25, -0.2) is 4.98 Å². The number of benzene rings is 1. The van der Waals surface area contributed by atoms with Crippen molar-refractivity contribution in [1.82, 2.24) is 9.88 Å². The molecular weight excluding hydrogens is 320 g/mol. The monoisotopic (exact) mass is 344 g/mol. The zero-order chi connectivity index (χ0) is 16.9. The third kappa shape index (κ3) is 4.35. The van der Waals surface area contributed by atoms with E-state index in [9.17, 15) is 4.79 Å². The second kappa shape index (κ2) is 7.79. The van der Waals surface area contributed by atoms with Gasteiger partial charge < -0.3 is 9.64 Å². The Kier molecular flexibility index (Phi) is 5.51. The molecule has 0 saturated heterocycles. The highest BCUT2D eigenvalue weighted by molar-refractivity contribution is 7.09. The molecule has 2 aromatic rings. The first-order valence-electron chi connectivity index (χ1n) is 8.59. The second-order valence-electron chi connectivity index (χ2n) is 6.33. The number of carbonyl (C=O) groups is 1. The second-order valence-corrected chi connectivity index (χ2v) is 7.27. The summed E-state index contributed by atoms with van der Waals surface area (Å²) in [7, 11) is 0. The zero-order valence-electron chi connectivity index (χ0n) is 14.3. The fourth-order valence-electron chi connectivity index (χ4n) is 2.56. The predicted molar refractivity (Wildman–Crippen MR) is 95.9 cm³/mol. The van der Waals surface area contributed by atoms with Crippen LogP contribution in [0.2, 0.25) is 0 Å². The normalized spacial score (nSPS) is 15.1. The Hall–Kier alpha value is -1.88. The number of thiazole rings is 1. The van der Waals surface area contributed by atoms with Crippen molar-refractivity contribution in [1.29, 1.82) is 0 Å². The summed E-state index contributed by atoms with van der Waals surface area (Å²) in [4.78, 5) is 19.1. The predicted octanol–water partition coefficient (Wildman–Crippen LogP) is 4.26.